The Balaban J connectivity index is 2.28. The zero-order chi connectivity index (χ0) is 12.4. The minimum Gasteiger partial charge on any atom is -0.358 e. The Hall–Kier alpha value is -1.59. The van der Waals surface area contributed by atoms with Crippen LogP contribution in [-0.4, -0.2) is 14.7 Å². The van der Waals surface area contributed by atoms with Gasteiger partial charge in [-0.2, -0.15) is 4.68 Å². The largest absolute Gasteiger partial charge is 0.408 e. The second-order valence-corrected chi connectivity index (χ2v) is 4.16. The van der Waals surface area contributed by atoms with Crippen molar-refractivity contribution in [2.45, 2.75) is 6.54 Å². The molecule has 0 aliphatic rings. The zero-order valence-electron chi connectivity index (χ0n) is 8.51. The number of hydrogen-bond donors (Lipinski definition) is 0. The van der Waals surface area contributed by atoms with E-state index in [2.05, 4.69) is 5.10 Å². The van der Waals surface area contributed by atoms with Crippen LogP contribution in [0.1, 0.15) is 5.56 Å². The molecule has 1 aromatic carbocycles. The van der Waals surface area contributed by atoms with Crippen LogP contribution in [0.15, 0.2) is 30.5 Å². The first-order valence-corrected chi connectivity index (χ1v) is 5.44. The second-order valence-electron chi connectivity index (χ2n) is 3.35. The number of rotatable bonds is 3. The average molecular weight is 272 g/mol. The number of hydrogen-bond acceptors (Lipinski definition) is 3. The summed E-state index contributed by atoms with van der Waals surface area (Å²) in [6.45, 7) is 0.341. The number of nitro groups is 1. The monoisotopic (exact) mass is 271 g/mol. The Morgan fingerprint density at radius 1 is 1.29 bits per heavy atom. The van der Waals surface area contributed by atoms with Crippen LogP contribution in [0, 0.1) is 10.1 Å². The van der Waals surface area contributed by atoms with Crippen molar-refractivity contribution < 1.29 is 4.92 Å². The van der Waals surface area contributed by atoms with E-state index >= 15 is 0 Å². The number of aromatic nitrogens is 2. The molecule has 2 rings (SSSR count). The summed E-state index contributed by atoms with van der Waals surface area (Å²) in [7, 11) is 0. The predicted octanol–water partition coefficient (Wildman–Crippen LogP) is 3.15. The highest BCUT2D eigenvalue weighted by atomic mass is 35.5. The highest BCUT2D eigenvalue weighted by molar-refractivity contribution is 6.32. The summed E-state index contributed by atoms with van der Waals surface area (Å²) in [5, 5.41) is 14.9. The summed E-state index contributed by atoms with van der Waals surface area (Å²) in [6.07, 6.45) is 1.41. The summed E-state index contributed by atoms with van der Waals surface area (Å²) < 4.78 is 1.39. The summed E-state index contributed by atoms with van der Waals surface area (Å²) in [4.78, 5) is 9.95. The lowest BCUT2D eigenvalue weighted by Crippen LogP contribution is -2.01. The van der Waals surface area contributed by atoms with Crippen LogP contribution in [0.2, 0.25) is 10.0 Å². The van der Waals surface area contributed by atoms with E-state index in [9.17, 15) is 10.1 Å². The third-order valence-electron chi connectivity index (χ3n) is 2.16. The first kappa shape index (κ1) is 11.9. The number of benzene rings is 1. The smallest absolute Gasteiger partial charge is 0.358 e. The Bertz CT molecular complexity index is 568. The van der Waals surface area contributed by atoms with Crippen molar-refractivity contribution in [1.82, 2.24) is 9.78 Å². The first-order chi connectivity index (χ1) is 8.08. The van der Waals surface area contributed by atoms with Gasteiger partial charge in [0.25, 0.3) is 0 Å². The lowest BCUT2D eigenvalue weighted by atomic mass is 10.2. The van der Waals surface area contributed by atoms with Crippen LogP contribution >= 0.6 is 23.2 Å². The molecular weight excluding hydrogens is 265 g/mol. The van der Waals surface area contributed by atoms with E-state index in [1.54, 1.807) is 6.07 Å². The fourth-order valence-electron chi connectivity index (χ4n) is 1.39. The van der Waals surface area contributed by atoms with Crippen molar-refractivity contribution in [2.75, 3.05) is 0 Å². The van der Waals surface area contributed by atoms with Crippen molar-refractivity contribution in [3.8, 4) is 0 Å². The normalized spacial score (nSPS) is 10.5. The summed E-state index contributed by atoms with van der Waals surface area (Å²) in [5.74, 6) is -0.348. The Morgan fingerprint density at radius 2 is 2.00 bits per heavy atom. The van der Waals surface area contributed by atoms with Gasteiger partial charge in [-0.3, -0.25) is 0 Å². The summed E-state index contributed by atoms with van der Waals surface area (Å²) in [6, 6.07) is 7.21. The van der Waals surface area contributed by atoms with E-state index in [1.807, 2.05) is 18.2 Å². The highest BCUT2D eigenvalue weighted by Gasteiger charge is 2.19. The van der Waals surface area contributed by atoms with Gasteiger partial charge in [0.15, 0.2) is 5.02 Å². The minimum absolute atomic E-state index is 0.0158. The Labute approximate surface area is 107 Å². The van der Waals surface area contributed by atoms with Gasteiger partial charge in [-0.15, -0.1) is 0 Å². The molecule has 88 valence electrons. The Morgan fingerprint density at radius 3 is 2.59 bits per heavy atom. The molecule has 7 heteroatoms. The molecule has 17 heavy (non-hydrogen) atoms. The molecule has 0 atom stereocenters. The van der Waals surface area contributed by atoms with Crippen LogP contribution < -0.4 is 0 Å². The maximum Gasteiger partial charge on any atom is 0.408 e. The topological polar surface area (TPSA) is 61.0 Å². The molecule has 0 radical (unpaired) electrons. The third-order valence-corrected chi connectivity index (χ3v) is 2.80. The minimum atomic E-state index is -0.620. The molecular formula is C10H7Cl2N3O2. The zero-order valence-corrected chi connectivity index (χ0v) is 10.0. The maximum absolute atomic E-state index is 10.6. The van der Waals surface area contributed by atoms with Crippen LogP contribution in [-0.2, 0) is 6.54 Å². The Kier molecular flexibility index (Phi) is 3.31. The molecule has 0 spiro atoms. The second kappa shape index (κ2) is 4.73. The molecule has 0 aliphatic carbocycles. The van der Waals surface area contributed by atoms with Gasteiger partial charge in [0.2, 0.25) is 0 Å². The molecule has 1 aromatic heterocycles. The SMILES string of the molecule is O=[N+]([O-])c1nn(Cc2ccccc2Cl)cc1Cl. The predicted molar refractivity (Wildman–Crippen MR) is 64.4 cm³/mol. The lowest BCUT2D eigenvalue weighted by molar-refractivity contribution is -0.389. The molecule has 5 nitrogen and oxygen atoms in total. The first-order valence-electron chi connectivity index (χ1n) is 4.68. The van der Waals surface area contributed by atoms with Crippen LogP contribution in [0.5, 0.6) is 0 Å². The standard InChI is InChI=1S/C10H7Cl2N3O2/c11-8-4-2-1-3-7(8)5-14-6-9(12)10(13-14)15(16)17/h1-4,6H,5H2. The fraction of sp³-hybridized carbons (Fsp3) is 0.100. The summed E-state index contributed by atoms with van der Waals surface area (Å²) >= 11 is 11.7. The molecule has 0 saturated heterocycles. The van der Waals surface area contributed by atoms with E-state index in [1.165, 1.54) is 10.9 Å². The fourth-order valence-corrected chi connectivity index (χ4v) is 1.81. The van der Waals surface area contributed by atoms with Crippen LogP contribution in [0.4, 0.5) is 5.82 Å². The van der Waals surface area contributed by atoms with E-state index in [4.69, 9.17) is 23.2 Å². The quantitative estimate of drug-likeness (QED) is 0.637. The van der Waals surface area contributed by atoms with Gasteiger partial charge in [0, 0.05) is 5.02 Å². The molecule has 0 fully saturated rings. The molecule has 0 aliphatic heterocycles. The van der Waals surface area contributed by atoms with E-state index in [-0.39, 0.29) is 10.8 Å². The molecule has 1 heterocycles. The van der Waals surface area contributed by atoms with Crippen LogP contribution in [0.25, 0.3) is 0 Å². The highest BCUT2D eigenvalue weighted by Crippen LogP contribution is 2.23. The van der Waals surface area contributed by atoms with Crippen molar-refractivity contribution in [2.24, 2.45) is 0 Å². The van der Waals surface area contributed by atoms with Crippen molar-refractivity contribution in [1.29, 1.82) is 0 Å². The van der Waals surface area contributed by atoms with Gasteiger partial charge in [-0.25, -0.2) is 0 Å². The summed E-state index contributed by atoms with van der Waals surface area (Å²) in [5.41, 5.74) is 0.822. The van der Waals surface area contributed by atoms with Gasteiger partial charge in [-0.1, -0.05) is 41.4 Å². The molecule has 2 aromatic rings. The molecule has 0 saturated carbocycles. The lowest BCUT2D eigenvalue weighted by Gasteiger charge is -2.00. The van der Waals surface area contributed by atoms with E-state index in [0.29, 0.717) is 11.6 Å². The van der Waals surface area contributed by atoms with Crippen molar-refractivity contribution >= 4 is 29.0 Å². The van der Waals surface area contributed by atoms with Crippen LogP contribution in [0.3, 0.4) is 0 Å². The van der Waals surface area contributed by atoms with Gasteiger partial charge >= 0.3 is 5.82 Å². The van der Waals surface area contributed by atoms with E-state index < -0.39 is 4.92 Å². The van der Waals surface area contributed by atoms with Gasteiger partial charge in [0.05, 0.1) is 17.8 Å². The van der Waals surface area contributed by atoms with Gasteiger partial charge in [-0.05, 0) is 16.6 Å². The van der Waals surface area contributed by atoms with Crippen molar-refractivity contribution in [3.05, 3.63) is 56.2 Å². The van der Waals surface area contributed by atoms with Gasteiger partial charge in [0.1, 0.15) is 0 Å². The number of halogens is 2. The molecule has 0 amide bonds. The maximum atomic E-state index is 10.6. The third kappa shape index (κ3) is 2.57. The average Bonchev–Trinajstić information content (AvgIpc) is 2.63. The molecule has 0 unspecified atom stereocenters. The molecule has 0 N–H and O–H groups in total. The van der Waals surface area contributed by atoms with Crippen molar-refractivity contribution in [3.63, 3.8) is 0 Å². The molecule has 0 bridgehead atoms. The van der Waals surface area contributed by atoms with Gasteiger partial charge < -0.3 is 10.1 Å². The van der Waals surface area contributed by atoms with E-state index in [0.717, 1.165) is 5.56 Å². The number of nitrogens with zero attached hydrogens (tertiary/aromatic N) is 3.